The van der Waals surface area contributed by atoms with Crippen LogP contribution in [0.1, 0.15) is 52.9 Å². The summed E-state index contributed by atoms with van der Waals surface area (Å²) in [6, 6.07) is 7.48. The molecule has 6 heteroatoms. The van der Waals surface area contributed by atoms with Crippen LogP contribution in [-0.2, 0) is 17.4 Å². The molecular formula is C19H29N5O. The molecule has 2 N–H and O–H groups in total. The molecule has 0 saturated heterocycles. The van der Waals surface area contributed by atoms with Crippen molar-refractivity contribution in [2.24, 2.45) is 0 Å². The molecule has 0 radical (unpaired) electrons. The number of aromatic nitrogens is 3. The van der Waals surface area contributed by atoms with E-state index in [1.807, 2.05) is 28.9 Å². The van der Waals surface area contributed by atoms with Gasteiger partial charge in [0.1, 0.15) is 5.82 Å². The Bertz CT molecular complexity index is 708. The van der Waals surface area contributed by atoms with Crippen LogP contribution >= 0.6 is 0 Å². The maximum atomic E-state index is 12.3. The number of amides is 2. The number of anilines is 1. The Hall–Kier alpha value is -2.37. The summed E-state index contributed by atoms with van der Waals surface area (Å²) in [5, 5.41) is 10.5. The molecule has 136 valence electrons. The van der Waals surface area contributed by atoms with E-state index in [4.69, 9.17) is 5.10 Å². The molecule has 0 unspecified atom stereocenters. The summed E-state index contributed by atoms with van der Waals surface area (Å²) in [6.45, 7) is 13.1. The fourth-order valence-electron chi connectivity index (χ4n) is 2.36. The van der Waals surface area contributed by atoms with Gasteiger partial charge in [-0.25, -0.2) is 9.48 Å². The zero-order chi connectivity index (χ0) is 18.7. The number of urea groups is 1. The van der Waals surface area contributed by atoms with Crippen LogP contribution in [0.25, 0.3) is 0 Å². The Morgan fingerprint density at radius 2 is 1.88 bits per heavy atom. The van der Waals surface area contributed by atoms with Gasteiger partial charge in [0.15, 0.2) is 0 Å². The number of pyridine rings is 1. The summed E-state index contributed by atoms with van der Waals surface area (Å²) in [4.78, 5) is 16.5. The lowest BCUT2D eigenvalue weighted by molar-refractivity contribution is 0.251. The minimum atomic E-state index is -0.234. The molecule has 2 aromatic rings. The SMILES string of the molecule is CC(C)(C)c1cc(NC(=O)NCCc2ccccn2)n(C(C)(C)C)n1. The van der Waals surface area contributed by atoms with E-state index >= 15 is 0 Å². The molecular weight excluding hydrogens is 314 g/mol. The van der Waals surface area contributed by atoms with Crippen LogP contribution < -0.4 is 10.6 Å². The summed E-state index contributed by atoms with van der Waals surface area (Å²) in [6.07, 6.45) is 2.45. The van der Waals surface area contributed by atoms with Crippen LogP contribution in [0, 0.1) is 0 Å². The highest BCUT2D eigenvalue weighted by molar-refractivity contribution is 5.88. The largest absolute Gasteiger partial charge is 0.337 e. The van der Waals surface area contributed by atoms with Gasteiger partial charge in [0, 0.05) is 36.3 Å². The van der Waals surface area contributed by atoms with Gasteiger partial charge in [0.2, 0.25) is 0 Å². The maximum absolute atomic E-state index is 12.3. The van der Waals surface area contributed by atoms with Gasteiger partial charge in [0.25, 0.3) is 0 Å². The smallest absolute Gasteiger partial charge is 0.320 e. The number of carbonyl (C=O) groups is 1. The third kappa shape index (κ3) is 5.31. The van der Waals surface area contributed by atoms with Gasteiger partial charge in [-0.15, -0.1) is 0 Å². The second kappa shape index (κ2) is 7.25. The number of rotatable bonds is 4. The summed E-state index contributed by atoms with van der Waals surface area (Å²) < 4.78 is 1.87. The van der Waals surface area contributed by atoms with Crippen molar-refractivity contribution in [1.82, 2.24) is 20.1 Å². The molecule has 2 heterocycles. The first kappa shape index (κ1) is 19.0. The third-order valence-electron chi connectivity index (χ3n) is 3.75. The van der Waals surface area contributed by atoms with E-state index < -0.39 is 0 Å². The Kier molecular flexibility index (Phi) is 5.50. The molecule has 0 spiro atoms. The molecule has 0 bridgehead atoms. The lowest BCUT2D eigenvalue weighted by Gasteiger charge is -2.23. The van der Waals surface area contributed by atoms with E-state index in [1.165, 1.54) is 0 Å². The third-order valence-corrected chi connectivity index (χ3v) is 3.75. The number of hydrogen-bond acceptors (Lipinski definition) is 3. The zero-order valence-corrected chi connectivity index (χ0v) is 16.1. The van der Waals surface area contributed by atoms with Crippen LogP contribution in [0.5, 0.6) is 0 Å². The summed E-state index contributed by atoms with van der Waals surface area (Å²) in [5.74, 6) is 0.702. The van der Waals surface area contributed by atoms with Gasteiger partial charge in [-0.05, 0) is 32.9 Å². The predicted molar refractivity (Wildman–Crippen MR) is 101 cm³/mol. The van der Waals surface area contributed by atoms with E-state index in [0.717, 1.165) is 11.4 Å². The zero-order valence-electron chi connectivity index (χ0n) is 16.1. The molecule has 0 aliphatic heterocycles. The fourth-order valence-corrected chi connectivity index (χ4v) is 2.36. The first-order valence-electron chi connectivity index (χ1n) is 8.63. The Morgan fingerprint density at radius 1 is 1.16 bits per heavy atom. The highest BCUT2D eigenvalue weighted by atomic mass is 16.2. The van der Waals surface area contributed by atoms with Crippen molar-refractivity contribution >= 4 is 11.8 Å². The van der Waals surface area contributed by atoms with Crippen molar-refractivity contribution in [3.63, 3.8) is 0 Å². The first-order chi connectivity index (χ1) is 11.6. The molecule has 2 amide bonds. The average molecular weight is 343 g/mol. The lowest BCUT2D eigenvalue weighted by Crippen LogP contribution is -2.33. The molecule has 0 aliphatic rings. The lowest BCUT2D eigenvalue weighted by atomic mass is 9.92. The monoisotopic (exact) mass is 343 g/mol. The normalized spacial score (nSPS) is 12.1. The standard InChI is InChI=1S/C19H29N5O/c1-18(2,3)15-13-16(24(23-15)19(4,5)6)22-17(25)21-12-10-14-9-7-8-11-20-14/h7-9,11,13H,10,12H2,1-6H3,(H2,21,22,25). The minimum absolute atomic E-state index is 0.0810. The second-order valence-corrected chi connectivity index (χ2v) is 8.20. The molecule has 0 fully saturated rings. The molecule has 0 saturated carbocycles. The van der Waals surface area contributed by atoms with Gasteiger partial charge in [-0.1, -0.05) is 26.8 Å². The van der Waals surface area contributed by atoms with Gasteiger partial charge in [-0.3, -0.25) is 10.3 Å². The molecule has 2 aromatic heterocycles. The van der Waals surface area contributed by atoms with Crippen LogP contribution in [-0.4, -0.2) is 27.3 Å². The van der Waals surface area contributed by atoms with Crippen molar-refractivity contribution in [3.05, 3.63) is 41.9 Å². The van der Waals surface area contributed by atoms with Crippen molar-refractivity contribution in [2.75, 3.05) is 11.9 Å². The highest BCUT2D eigenvalue weighted by Crippen LogP contribution is 2.28. The molecule has 0 atom stereocenters. The van der Waals surface area contributed by atoms with Crippen LogP contribution in [0.4, 0.5) is 10.6 Å². The second-order valence-electron chi connectivity index (χ2n) is 8.20. The maximum Gasteiger partial charge on any atom is 0.320 e. The number of hydrogen-bond donors (Lipinski definition) is 2. The fraction of sp³-hybridized carbons (Fsp3) is 0.526. The Morgan fingerprint density at radius 3 is 2.44 bits per heavy atom. The molecule has 0 aromatic carbocycles. The summed E-state index contributed by atoms with van der Waals surface area (Å²) >= 11 is 0. The predicted octanol–water partition coefficient (Wildman–Crippen LogP) is 3.69. The van der Waals surface area contributed by atoms with Crippen molar-refractivity contribution < 1.29 is 4.79 Å². The van der Waals surface area contributed by atoms with Crippen molar-refractivity contribution in [2.45, 2.75) is 58.9 Å². The number of nitrogens with zero attached hydrogens (tertiary/aromatic N) is 3. The Labute approximate surface area is 150 Å². The molecule has 6 nitrogen and oxygen atoms in total. The van der Waals surface area contributed by atoms with Crippen LogP contribution in [0.2, 0.25) is 0 Å². The van der Waals surface area contributed by atoms with Gasteiger partial charge in [-0.2, -0.15) is 5.10 Å². The highest BCUT2D eigenvalue weighted by Gasteiger charge is 2.25. The summed E-state index contributed by atoms with van der Waals surface area (Å²) in [5.41, 5.74) is 1.60. The summed E-state index contributed by atoms with van der Waals surface area (Å²) in [7, 11) is 0. The van der Waals surface area contributed by atoms with E-state index in [2.05, 4.69) is 57.2 Å². The molecule has 2 rings (SSSR count). The van der Waals surface area contributed by atoms with E-state index in [-0.39, 0.29) is 17.0 Å². The van der Waals surface area contributed by atoms with Gasteiger partial charge in [0.05, 0.1) is 11.2 Å². The minimum Gasteiger partial charge on any atom is -0.337 e. The average Bonchev–Trinajstić information content (AvgIpc) is 2.92. The van der Waals surface area contributed by atoms with Crippen molar-refractivity contribution in [3.8, 4) is 0 Å². The van der Waals surface area contributed by atoms with Gasteiger partial charge < -0.3 is 5.32 Å². The van der Waals surface area contributed by atoms with Crippen molar-refractivity contribution in [1.29, 1.82) is 0 Å². The van der Waals surface area contributed by atoms with E-state index in [9.17, 15) is 4.79 Å². The van der Waals surface area contributed by atoms with E-state index in [1.54, 1.807) is 6.20 Å². The molecule has 0 aliphatic carbocycles. The quantitative estimate of drug-likeness (QED) is 0.889. The van der Waals surface area contributed by atoms with Crippen LogP contribution in [0.15, 0.2) is 30.5 Å². The van der Waals surface area contributed by atoms with Gasteiger partial charge >= 0.3 is 6.03 Å². The van der Waals surface area contributed by atoms with E-state index in [0.29, 0.717) is 18.8 Å². The van der Waals surface area contributed by atoms with Crippen LogP contribution in [0.3, 0.4) is 0 Å². The topological polar surface area (TPSA) is 71.8 Å². The first-order valence-corrected chi connectivity index (χ1v) is 8.63. The molecule has 25 heavy (non-hydrogen) atoms. The number of carbonyl (C=O) groups excluding carboxylic acids is 1. The number of nitrogens with one attached hydrogen (secondary N) is 2. The Balaban J connectivity index is 2.03.